The first-order valence-corrected chi connectivity index (χ1v) is 7.33. The van der Waals surface area contributed by atoms with Crippen molar-refractivity contribution >= 4 is 29.4 Å². The summed E-state index contributed by atoms with van der Waals surface area (Å²) in [5.74, 6) is -1.76. The van der Waals surface area contributed by atoms with E-state index < -0.39 is 16.7 Å². The third kappa shape index (κ3) is 4.96. The second-order valence-corrected chi connectivity index (χ2v) is 5.32. The Hall–Kier alpha value is -3.55. The minimum Gasteiger partial charge on any atom is -0.317 e. The van der Waals surface area contributed by atoms with Gasteiger partial charge in [-0.15, -0.1) is 0 Å². The lowest BCUT2D eigenvalue weighted by Gasteiger charge is -2.08. The average Bonchev–Trinajstić information content (AvgIpc) is 2.57. The van der Waals surface area contributed by atoms with Crippen LogP contribution in [0.25, 0.3) is 0 Å². The Balaban J connectivity index is 1.92. The number of rotatable bonds is 4. The predicted molar refractivity (Wildman–Crippen MR) is 93.4 cm³/mol. The molecule has 8 nitrogen and oxygen atoms in total. The summed E-state index contributed by atoms with van der Waals surface area (Å²) >= 11 is 0. The molecule has 25 heavy (non-hydrogen) atoms. The number of benzene rings is 2. The Kier molecular flexibility index (Phi) is 5.57. The van der Waals surface area contributed by atoms with Gasteiger partial charge in [-0.25, -0.2) is 5.43 Å². The average molecular weight is 340 g/mol. The minimum atomic E-state index is -0.918. The number of hydrogen-bond donors (Lipinski definition) is 2. The van der Waals surface area contributed by atoms with Gasteiger partial charge in [0.15, 0.2) is 0 Å². The molecule has 128 valence electrons. The number of hydrogen-bond acceptors (Lipinski definition) is 5. The van der Waals surface area contributed by atoms with Gasteiger partial charge in [-0.2, -0.15) is 5.10 Å². The number of hydrazone groups is 1. The fourth-order valence-corrected chi connectivity index (χ4v) is 2.03. The van der Waals surface area contributed by atoms with Crippen molar-refractivity contribution in [2.45, 2.75) is 13.8 Å². The molecule has 2 rings (SSSR count). The van der Waals surface area contributed by atoms with E-state index in [0.29, 0.717) is 11.3 Å². The maximum atomic E-state index is 11.8. The highest BCUT2D eigenvalue weighted by atomic mass is 16.6. The number of carbonyl (C=O) groups excluding carboxylic acids is 2. The molecule has 0 atom stereocenters. The van der Waals surface area contributed by atoms with E-state index in [1.807, 2.05) is 26.0 Å². The van der Waals surface area contributed by atoms with Gasteiger partial charge in [0.2, 0.25) is 0 Å². The second kappa shape index (κ2) is 7.82. The topological polar surface area (TPSA) is 114 Å². The van der Waals surface area contributed by atoms with E-state index in [0.717, 1.165) is 11.1 Å². The van der Waals surface area contributed by atoms with Gasteiger partial charge >= 0.3 is 11.8 Å². The zero-order valence-corrected chi connectivity index (χ0v) is 13.6. The smallest absolute Gasteiger partial charge is 0.317 e. The molecule has 0 fully saturated rings. The molecule has 0 unspecified atom stereocenters. The lowest BCUT2D eigenvalue weighted by atomic mass is 10.1. The van der Waals surface area contributed by atoms with Crippen molar-refractivity contribution in [1.82, 2.24) is 5.43 Å². The van der Waals surface area contributed by atoms with Crippen LogP contribution in [0.15, 0.2) is 47.6 Å². The lowest BCUT2D eigenvalue weighted by Crippen LogP contribution is -2.32. The number of aryl methyl sites for hydroxylation is 2. The first kappa shape index (κ1) is 17.8. The van der Waals surface area contributed by atoms with Crippen molar-refractivity contribution in [3.63, 3.8) is 0 Å². The van der Waals surface area contributed by atoms with Crippen LogP contribution in [-0.2, 0) is 9.59 Å². The molecule has 2 aromatic rings. The third-order valence-electron chi connectivity index (χ3n) is 3.32. The van der Waals surface area contributed by atoms with E-state index >= 15 is 0 Å². The van der Waals surface area contributed by atoms with Crippen LogP contribution in [0.2, 0.25) is 0 Å². The van der Waals surface area contributed by atoms with Crippen LogP contribution in [0.5, 0.6) is 0 Å². The van der Waals surface area contributed by atoms with E-state index in [2.05, 4.69) is 15.8 Å². The molecule has 2 N–H and O–H groups in total. The number of nitro groups is 1. The van der Waals surface area contributed by atoms with E-state index in [4.69, 9.17) is 0 Å². The number of carbonyl (C=O) groups is 2. The van der Waals surface area contributed by atoms with Gasteiger partial charge in [0.25, 0.3) is 5.69 Å². The monoisotopic (exact) mass is 340 g/mol. The summed E-state index contributed by atoms with van der Waals surface area (Å²) < 4.78 is 0. The third-order valence-corrected chi connectivity index (χ3v) is 3.32. The van der Waals surface area contributed by atoms with Crippen LogP contribution in [0.1, 0.15) is 16.7 Å². The molecule has 8 heteroatoms. The van der Waals surface area contributed by atoms with Crippen molar-refractivity contribution in [2.75, 3.05) is 5.32 Å². The summed E-state index contributed by atoms with van der Waals surface area (Å²) in [5, 5.41) is 16.7. The van der Waals surface area contributed by atoms with Gasteiger partial charge in [0.1, 0.15) is 0 Å². The van der Waals surface area contributed by atoms with Crippen molar-refractivity contribution in [3.05, 3.63) is 69.3 Å². The maximum absolute atomic E-state index is 11.8. The van der Waals surface area contributed by atoms with Gasteiger partial charge < -0.3 is 5.32 Å². The molecule has 2 amide bonds. The van der Waals surface area contributed by atoms with E-state index in [9.17, 15) is 19.7 Å². The lowest BCUT2D eigenvalue weighted by molar-refractivity contribution is -0.384. The Morgan fingerprint density at radius 3 is 2.36 bits per heavy atom. The minimum absolute atomic E-state index is 0.0472. The number of amides is 2. The molecule has 0 aliphatic heterocycles. The van der Waals surface area contributed by atoms with Crippen LogP contribution >= 0.6 is 0 Å². The van der Waals surface area contributed by atoms with E-state index in [1.165, 1.54) is 30.5 Å². The molecule has 0 saturated carbocycles. The molecule has 2 aromatic carbocycles. The summed E-state index contributed by atoms with van der Waals surface area (Å²) in [7, 11) is 0. The van der Waals surface area contributed by atoms with Crippen LogP contribution in [0.3, 0.4) is 0 Å². The Morgan fingerprint density at radius 2 is 1.76 bits per heavy atom. The number of nitrogens with one attached hydrogen (secondary N) is 2. The largest absolute Gasteiger partial charge is 0.329 e. The quantitative estimate of drug-likeness (QED) is 0.385. The maximum Gasteiger partial charge on any atom is 0.329 e. The summed E-state index contributed by atoms with van der Waals surface area (Å²) in [6, 6.07) is 11.0. The fraction of sp³-hybridized carbons (Fsp3) is 0.118. The van der Waals surface area contributed by atoms with Crippen molar-refractivity contribution in [2.24, 2.45) is 5.10 Å². The standard InChI is InChI=1S/C17H16N4O4/c1-11-3-8-15(12(2)9-11)19-16(22)17(23)20-18-10-13-4-6-14(7-5-13)21(24)25/h3-10H,1-2H3,(H,19,22)(H,20,23)/b18-10+. The predicted octanol–water partition coefficient (Wildman–Crippen LogP) is 2.30. The van der Waals surface area contributed by atoms with E-state index in [1.54, 1.807) is 6.07 Å². The van der Waals surface area contributed by atoms with Crippen LogP contribution in [-0.4, -0.2) is 23.0 Å². The second-order valence-electron chi connectivity index (χ2n) is 5.32. The normalized spacial score (nSPS) is 10.5. The highest BCUT2D eigenvalue weighted by Crippen LogP contribution is 2.15. The van der Waals surface area contributed by atoms with Gasteiger partial charge in [0.05, 0.1) is 11.1 Å². The molecule has 0 saturated heterocycles. The Bertz CT molecular complexity index is 844. The van der Waals surface area contributed by atoms with Gasteiger partial charge in [-0.3, -0.25) is 19.7 Å². The molecule has 0 aromatic heterocycles. The summed E-state index contributed by atoms with van der Waals surface area (Å²) in [5.41, 5.74) is 5.04. The fourth-order valence-electron chi connectivity index (χ4n) is 2.03. The number of non-ortho nitro benzene ring substituents is 1. The zero-order valence-electron chi connectivity index (χ0n) is 13.6. The van der Waals surface area contributed by atoms with Crippen LogP contribution in [0, 0.1) is 24.0 Å². The van der Waals surface area contributed by atoms with Crippen molar-refractivity contribution in [3.8, 4) is 0 Å². The molecular weight excluding hydrogens is 324 g/mol. The number of nitro benzene ring substituents is 1. The van der Waals surface area contributed by atoms with E-state index in [-0.39, 0.29) is 5.69 Å². The van der Waals surface area contributed by atoms with Crippen molar-refractivity contribution in [1.29, 1.82) is 0 Å². The van der Waals surface area contributed by atoms with Gasteiger partial charge in [0, 0.05) is 17.8 Å². The molecule has 0 radical (unpaired) electrons. The van der Waals surface area contributed by atoms with Gasteiger partial charge in [-0.05, 0) is 43.2 Å². The Labute approximate surface area is 143 Å². The molecular formula is C17H16N4O4. The SMILES string of the molecule is Cc1ccc(NC(=O)C(=O)N/N=C/c2ccc([N+](=O)[O-])cc2)c(C)c1. The highest BCUT2D eigenvalue weighted by molar-refractivity contribution is 6.39. The highest BCUT2D eigenvalue weighted by Gasteiger charge is 2.13. The number of nitrogens with zero attached hydrogens (tertiary/aromatic N) is 2. The summed E-state index contributed by atoms with van der Waals surface area (Å²) in [4.78, 5) is 33.6. The molecule has 0 aliphatic carbocycles. The Morgan fingerprint density at radius 1 is 1.08 bits per heavy atom. The molecule has 0 aliphatic rings. The van der Waals surface area contributed by atoms with Crippen molar-refractivity contribution < 1.29 is 14.5 Å². The summed E-state index contributed by atoms with van der Waals surface area (Å²) in [6.07, 6.45) is 1.28. The first-order chi connectivity index (χ1) is 11.9. The van der Waals surface area contributed by atoms with Crippen LogP contribution in [0.4, 0.5) is 11.4 Å². The number of anilines is 1. The van der Waals surface area contributed by atoms with Crippen LogP contribution < -0.4 is 10.7 Å². The molecule has 0 heterocycles. The van der Waals surface area contributed by atoms with Gasteiger partial charge in [-0.1, -0.05) is 17.7 Å². The zero-order chi connectivity index (χ0) is 18.4. The molecule has 0 spiro atoms. The molecule has 0 bridgehead atoms. The summed E-state index contributed by atoms with van der Waals surface area (Å²) in [6.45, 7) is 3.76. The first-order valence-electron chi connectivity index (χ1n) is 7.33.